The van der Waals surface area contributed by atoms with Crippen LogP contribution >= 0.6 is 0 Å². The van der Waals surface area contributed by atoms with Crippen LogP contribution in [0, 0.1) is 0 Å². The smallest absolute Gasteiger partial charge is 0.0783 e. The van der Waals surface area contributed by atoms with Crippen molar-refractivity contribution in [3.05, 3.63) is 29.8 Å². The van der Waals surface area contributed by atoms with E-state index in [1.807, 2.05) is 45.0 Å². The van der Waals surface area contributed by atoms with Gasteiger partial charge in [-0.25, -0.2) is 0 Å². The molecule has 3 nitrogen and oxygen atoms in total. The normalized spacial score (nSPS) is 15.8. The molecular formula is C17H29NO2S. The molecule has 0 heterocycles. The largest absolute Gasteiger partial charge is 0.391 e. The van der Waals surface area contributed by atoms with Crippen LogP contribution in [-0.4, -0.2) is 33.3 Å². The Bertz CT molecular complexity index is 469. The summed E-state index contributed by atoms with van der Waals surface area (Å²) in [5, 5.41) is 13.2. The van der Waals surface area contributed by atoms with E-state index in [1.54, 1.807) is 0 Å². The molecule has 1 rings (SSSR count). The fourth-order valence-electron chi connectivity index (χ4n) is 1.86. The van der Waals surface area contributed by atoms with Crippen molar-refractivity contribution in [1.82, 2.24) is 5.32 Å². The van der Waals surface area contributed by atoms with Gasteiger partial charge in [-0.05, 0) is 43.9 Å². The molecule has 0 amide bonds. The zero-order valence-electron chi connectivity index (χ0n) is 14.1. The van der Waals surface area contributed by atoms with Gasteiger partial charge in [0, 0.05) is 17.0 Å². The van der Waals surface area contributed by atoms with Crippen molar-refractivity contribution >= 4 is 10.8 Å². The van der Waals surface area contributed by atoms with Gasteiger partial charge in [0.2, 0.25) is 0 Å². The molecule has 0 spiro atoms. The van der Waals surface area contributed by atoms with Crippen LogP contribution in [0.2, 0.25) is 0 Å². The van der Waals surface area contributed by atoms with E-state index in [1.165, 1.54) is 5.56 Å². The van der Waals surface area contributed by atoms with Gasteiger partial charge in [0.15, 0.2) is 0 Å². The molecule has 0 saturated heterocycles. The first kappa shape index (κ1) is 18.3. The first-order valence-electron chi connectivity index (χ1n) is 7.41. The van der Waals surface area contributed by atoms with Crippen LogP contribution < -0.4 is 5.32 Å². The quantitative estimate of drug-likeness (QED) is 0.879. The van der Waals surface area contributed by atoms with Crippen LogP contribution in [0.4, 0.5) is 0 Å². The summed E-state index contributed by atoms with van der Waals surface area (Å²) in [5.74, 6) is 0.262. The summed E-state index contributed by atoms with van der Waals surface area (Å²) in [6.07, 6.45) is -0.604. The maximum atomic E-state index is 12.3. The van der Waals surface area contributed by atoms with Crippen LogP contribution in [0.5, 0.6) is 0 Å². The monoisotopic (exact) mass is 311 g/mol. The lowest BCUT2D eigenvalue weighted by Gasteiger charge is -2.23. The Hall–Kier alpha value is -0.710. The van der Waals surface area contributed by atoms with Gasteiger partial charge in [-0.15, -0.1) is 0 Å². The minimum atomic E-state index is -1.17. The second kappa shape index (κ2) is 7.03. The van der Waals surface area contributed by atoms with E-state index < -0.39 is 16.9 Å². The standard InChI is InChI=1S/C17H29NO2S/c1-16(2,3)13-7-9-15(10-8-13)21(20)12-14(19)11-18-17(4,5)6/h7-10,14,18-19H,11-12H2,1-6H3. The second-order valence-corrected chi connectivity index (χ2v) is 9.07. The molecule has 1 aromatic rings. The average Bonchev–Trinajstić information content (AvgIpc) is 2.34. The Kier molecular flexibility index (Phi) is 6.14. The van der Waals surface area contributed by atoms with Crippen molar-refractivity contribution in [3.8, 4) is 0 Å². The molecule has 2 unspecified atom stereocenters. The van der Waals surface area contributed by atoms with Crippen LogP contribution in [0.25, 0.3) is 0 Å². The summed E-state index contributed by atoms with van der Waals surface area (Å²) in [4.78, 5) is 0.776. The van der Waals surface area contributed by atoms with Gasteiger partial charge in [0.05, 0.1) is 22.7 Å². The fourth-order valence-corrected chi connectivity index (χ4v) is 2.96. The van der Waals surface area contributed by atoms with E-state index in [4.69, 9.17) is 0 Å². The SMILES string of the molecule is CC(C)(C)NCC(O)CS(=O)c1ccc(C(C)(C)C)cc1. The molecule has 0 aromatic heterocycles. The number of hydrogen-bond donors (Lipinski definition) is 2. The predicted octanol–water partition coefficient (Wildman–Crippen LogP) is 2.84. The molecule has 0 aliphatic carbocycles. The number of benzene rings is 1. The third-order valence-corrected chi connectivity index (χ3v) is 4.68. The van der Waals surface area contributed by atoms with Crippen LogP contribution in [0.3, 0.4) is 0 Å². The maximum absolute atomic E-state index is 12.3. The minimum absolute atomic E-state index is 0.0448. The molecule has 120 valence electrons. The Labute approximate surface area is 131 Å². The third-order valence-electron chi connectivity index (χ3n) is 3.20. The van der Waals surface area contributed by atoms with Gasteiger partial charge in [-0.3, -0.25) is 4.21 Å². The maximum Gasteiger partial charge on any atom is 0.0783 e. The number of hydrogen-bond acceptors (Lipinski definition) is 3. The lowest BCUT2D eigenvalue weighted by molar-refractivity contribution is 0.182. The van der Waals surface area contributed by atoms with E-state index >= 15 is 0 Å². The van der Waals surface area contributed by atoms with Crippen LogP contribution in [0.15, 0.2) is 29.2 Å². The zero-order valence-corrected chi connectivity index (χ0v) is 14.9. The lowest BCUT2D eigenvalue weighted by Crippen LogP contribution is -2.42. The Morgan fingerprint density at radius 2 is 1.62 bits per heavy atom. The lowest BCUT2D eigenvalue weighted by atomic mass is 9.87. The zero-order chi connectivity index (χ0) is 16.3. The third kappa shape index (κ3) is 6.72. The van der Waals surface area contributed by atoms with Crippen LogP contribution in [-0.2, 0) is 16.2 Å². The molecule has 0 bridgehead atoms. The van der Waals surface area contributed by atoms with Crippen molar-refractivity contribution in [2.45, 2.75) is 63.5 Å². The predicted molar refractivity (Wildman–Crippen MR) is 90.2 cm³/mol. The summed E-state index contributed by atoms with van der Waals surface area (Å²) >= 11 is 0. The average molecular weight is 311 g/mol. The summed E-state index contributed by atoms with van der Waals surface area (Å²) in [6.45, 7) is 13.0. The molecule has 0 aliphatic rings. The number of aliphatic hydroxyl groups is 1. The number of nitrogens with one attached hydrogen (secondary N) is 1. The fraction of sp³-hybridized carbons (Fsp3) is 0.647. The highest BCUT2D eigenvalue weighted by atomic mass is 32.2. The van der Waals surface area contributed by atoms with E-state index in [2.05, 4.69) is 26.1 Å². The number of rotatable bonds is 5. The number of β-amino-alcohol motifs (C(OH)–C–C–N with tert-alkyl or cyclic N) is 1. The van der Waals surface area contributed by atoms with Crippen molar-refractivity contribution in [2.24, 2.45) is 0 Å². The Morgan fingerprint density at radius 3 is 2.05 bits per heavy atom. The summed E-state index contributed by atoms with van der Waals surface area (Å²) in [7, 11) is -1.17. The molecule has 4 heteroatoms. The first-order chi connectivity index (χ1) is 9.49. The molecule has 0 radical (unpaired) electrons. The van der Waals surface area contributed by atoms with E-state index in [0.717, 1.165) is 4.90 Å². The van der Waals surface area contributed by atoms with Gasteiger partial charge in [0.1, 0.15) is 0 Å². The Balaban J connectivity index is 2.60. The summed E-state index contributed by atoms with van der Waals surface area (Å²) < 4.78 is 12.3. The van der Waals surface area contributed by atoms with Crippen molar-refractivity contribution in [2.75, 3.05) is 12.3 Å². The van der Waals surface area contributed by atoms with E-state index in [0.29, 0.717) is 6.54 Å². The molecule has 2 atom stereocenters. The molecule has 0 saturated carbocycles. The van der Waals surface area contributed by atoms with Crippen molar-refractivity contribution < 1.29 is 9.32 Å². The van der Waals surface area contributed by atoms with Crippen molar-refractivity contribution in [3.63, 3.8) is 0 Å². The second-order valence-electron chi connectivity index (χ2n) is 7.57. The Morgan fingerprint density at radius 1 is 1.10 bits per heavy atom. The molecule has 1 aromatic carbocycles. The molecular weight excluding hydrogens is 282 g/mol. The highest BCUT2D eigenvalue weighted by molar-refractivity contribution is 7.85. The highest BCUT2D eigenvalue weighted by Crippen LogP contribution is 2.23. The minimum Gasteiger partial charge on any atom is -0.391 e. The van der Waals surface area contributed by atoms with E-state index in [9.17, 15) is 9.32 Å². The van der Waals surface area contributed by atoms with Gasteiger partial charge >= 0.3 is 0 Å². The van der Waals surface area contributed by atoms with E-state index in [-0.39, 0.29) is 16.7 Å². The molecule has 2 N–H and O–H groups in total. The van der Waals surface area contributed by atoms with Gasteiger partial charge in [0.25, 0.3) is 0 Å². The summed E-state index contributed by atoms with van der Waals surface area (Å²) in [5.41, 5.74) is 1.27. The topological polar surface area (TPSA) is 49.3 Å². The van der Waals surface area contributed by atoms with Gasteiger partial charge in [-0.1, -0.05) is 32.9 Å². The van der Waals surface area contributed by atoms with Crippen LogP contribution in [0.1, 0.15) is 47.1 Å². The highest BCUT2D eigenvalue weighted by Gasteiger charge is 2.17. The molecule has 21 heavy (non-hydrogen) atoms. The molecule has 0 fully saturated rings. The summed E-state index contributed by atoms with van der Waals surface area (Å²) in [6, 6.07) is 7.85. The first-order valence-corrected chi connectivity index (χ1v) is 8.73. The molecule has 0 aliphatic heterocycles. The number of aliphatic hydroxyl groups excluding tert-OH is 1. The van der Waals surface area contributed by atoms with Gasteiger partial charge in [-0.2, -0.15) is 0 Å². The van der Waals surface area contributed by atoms with Crippen molar-refractivity contribution in [1.29, 1.82) is 0 Å². The van der Waals surface area contributed by atoms with Gasteiger partial charge < -0.3 is 10.4 Å².